The quantitative estimate of drug-likeness (QED) is 0.916. The fourth-order valence-corrected chi connectivity index (χ4v) is 3.08. The summed E-state index contributed by atoms with van der Waals surface area (Å²) in [5.74, 6) is 0.611. The highest BCUT2D eigenvalue weighted by molar-refractivity contribution is 7.09. The van der Waals surface area contributed by atoms with Crippen molar-refractivity contribution >= 4 is 17.2 Å². The van der Waals surface area contributed by atoms with Gasteiger partial charge >= 0.3 is 0 Å². The first kappa shape index (κ1) is 11.7. The molecule has 0 aliphatic carbocycles. The van der Waals surface area contributed by atoms with E-state index >= 15 is 0 Å². The molecule has 3 heterocycles. The van der Waals surface area contributed by atoms with E-state index in [0.717, 1.165) is 32.5 Å². The Morgan fingerprint density at radius 1 is 1.39 bits per heavy atom. The van der Waals surface area contributed by atoms with E-state index in [-0.39, 0.29) is 0 Å². The number of likely N-dealkylation sites (tertiary alicyclic amines) is 1. The summed E-state index contributed by atoms with van der Waals surface area (Å²) in [6.07, 6.45) is 6.12. The predicted molar refractivity (Wildman–Crippen MR) is 72.3 cm³/mol. The topological polar surface area (TPSA) is 60.0 Å². The molecule has 18 heavy (non-hydrogen) atoms. The number of hydrogen-bond donors (Lipinski definition) is 1. The van der Waals surface area contributed by atoms with Crippen LogP contribution < -0.4 is 5.73 Å². The largest absolute Gasteiger partial charge is 0.382 e. The van der Waals surface area contributed by atoms with Gasteiger partial charge in [0.15, 0.2) is 0 Å². The van der Waals surface area contributed by atoms with E-state index in [1.807, 2.05) is 28.5 Å². The molecule has 1 fully saturated rings. The minimum atomic E-state index is 0.495. The van der Waals surface area contributed by atoms with Crippen LogP contribution in [0.5, 0.6) is 0 Å². The van der Waals surface area contributed by atoms with Crippen LogP contribution in [0.3, 0.4) is 0 Å². The summed E-state index contributed by atoms with van der Waals surface area (Å²) in [4.78, 5) is 6.79. The number of hydrogen-bond acceptors (Lipinski definition) is 5. The number of nitrogen functional groups attached to an aromatic ring is 1. The molecular formula is C12H17N5S. The van der Waals surface area contributed by atoms with Crippen molar-refractivity contribution in [1.82, 2.24) is 19.7 Å². The first-order valence-corrected chi connectivity index (χ1v) is 7.10. The Kier molecular flexibility index (Phi) is 3.29. The molecule has 0 radical (unpaired) electrons. The molecule has 0 atom stereocenters. The predicted octanol–water partition coefficient (Wildman–Crippen LogP) is 1.76. The van der Waals surface area contributed by atoms with Crippen molar-refractivity contribution in [2.75, 3.05) is 18.8 Å². The van der Waals surface area contributed by atoms with Crippen molar-refractivity contribution in [2.24, 2.45) is 0 Å². The van der Waals surface area contributed by atoms with Crippen LogP contribution in [-0.2, 0) is 6.54 Å². The summed E-state index contributed by atoms with van der Waals surface area (Å²) in [5, 5.41) is 7.54. The molecule has 2 N–H and O–H groups in total. The first-order chi connectivity index (χ1) is 8.81. The zero-order chi connectivity index (χ0) is 12.4. The summed E-state index contributed by atoms with van der Waals surface area (Å²) >= 11 is 1.73. The summed E-state index contributed by atoms with van der Waals surface area (Å²) < 4.78 is 2.01. The molecule has 0 saturated carbocycles. The number of thiazole rings is 1. The van der Waals surface area contributed by atoms with E-state index < -0.39 is 0 Å². The lowest BCUT2D eigenvalue weighted by Crippen LogP contribution is -2.34. The van der Waals surface area contributed by atoms with Crippen LogP contribution in [0, 0.1) is 0 Å². The first-order valence-electron chi connectivity index (χ1n) is 6.22. The molecule has 1 aliphatic heterocycles. The fraction of sp³-hybridized carbons (Fsp3) is 0.500. The number of piperidine rings is 1. The van der Waals surface area contributed by atoms with Gasteiger partial charge in [0.2, 0.25) is 0 Å². The highest BCUT2D eigenvalue weighted by Gasteiger charge is 2.21. The second-order valence-corrected chi connectivity index (χ2v) is 5.63. The Morgan fingerprint density at radius 2 is 2.22 bits per heavy atom. The number of nitrogens with two attached hydrogens (primary N) is 1. The summed E-state index contributed by atoms with van der Waals surface area (Å²) in [6.45, 7) is 3.18. The fourth-order valence-electron chi connectivity index (χ4n) is 2.42. The van der Waals surface area contributed by atoms with Crippen LogP contribution in [-0.4, -0.2) is 32.8 Å². The highest BCUT2D eigenvalue weighted by atomic mass is 32.1. The van der Waals surface area contributed by atoms with E-state index in [9.17, 15) is 0 Å². The van der Waals surface area contributed by atoms with Crippen LogP contribution in [0.1, 0.15) is 23.9 Å². The molecule has 0 unspecified atom stereocenters. The molecule has 0 bridgehead atoms. The monoisotopic (exact) mass is 263 g/mol. The normalized spacial score (nSPS) is 18.2. The van der Waals surface area contributed by atoms with Crippen molar-refractivity contribution in [1.29, 1.82) is 0 Å². The molecule has 0 spiro atoms. The van der Waals surface area contributed by atoms with Gasteiger partial charge in [-0.15, -0.1) is 11.3 Å². The van der Waals surface area contributed by atoms with Gasteiger partial charge in [0, 0.05) is 30.9 Å². The average molecular weight is 263 g/mol. The van der Waals surface area contributed by atoms with Crippen LogP contribution in [0.25, 0.3) is 0 Å². The van der Waals surface area contributed by atoms with Crippen molar-refractivity contribution < 1.29 is 0 Å². The maximum absolute atomic E-state index is 5.65. The molecule has 1 saturated heterocycles. The van der Waals surface area contributed by atoms with Crippen LogP contribution in [0.2, 0.25) is 0 Å². The smallest absolute Gasteiger partial charge is 0.145 e. The summed E-state index contributed by atoms with van der Waals surface area (Å²) in [5.41, 5.74) is 5.65. The molecule has 5 nitrogen and oxygen atoms in total. The molecule has 6 heteroatoms. The molecule has 0 aromatic carbocycles. The third kappa shape index (κ3) is 2.54. The van der Waals surface area contributed by atoms with Crippen molar-refractivity contribution in [2.45, 2.75) is 25.4 Å². The van der Waals surface area contributed by atoms with Crippen molar-refractivity contribution in [3.8, 4) is 0 Å². The standard InChI is InChI=1S/C12H17N5S/c13-11-3-7-17(15-11)10-1-5-16(6-2-10)9-12-14-4-8-18-12/h3-4,7-8,10H,1-2,5-6,9H2,(H2,13,15). The Morgan fingerprint density at radius 3 is 2.83 bits per heavy atom. The van der Waals surface area contributed by atoms with Gasteiger partial charge in [0.25, 0.3) is 0 Å². The second-order valence-electron chi connectivity index (χ2n) is 4.65. The van der Waals surface area contributed by atoms with Gasteiger partial charge in [-0.3, -0.25) is 9.58 Å². The summed E-state index contributed by atoms with van der Waals surface area (Å²) in [7, 11) is 0. The van der Waals surface area contributed by atoms with Gasteiger partial charge in [-0.2, -0.15) is 5.10 Å². The Hall–Kier alpha value is -1.40. The third-order valence-corrected chi connectivity index (χ3v) is 4.17. The number of rotatable bonds is 3. The lowest BCUT2D eigenvalue weighted by atomic mass is 10.1. The molecule has 96 valence electrons. The highest BCUT2D eigenvalue weighted by Crippen LogP contribution is 2.23. The van der Waals surface area contributed by atoms with Crippen LogP contribution in [0.4, 0.5) is 5.82 Å². The molecule has 3 rings (SSSR count). The van der Waals surface area contributed by atoms with Crippen LogP contribution >= 0.6 is 11.3 Å². The Bertz CT molecular complexity index is 484. The molecule has 2 aromatic rings. The molecule has 2 aromatic heterocycles. The van der Waals surface area contributed by atoms with Crippen molar-refractivity contribution in [3.63, 3.8) is 0 Å². The Labute approximate surface area is 110 Å². The van der Waals surface area contributed by atoms with Gasteiger partial charge < -0.3 is 5.73 Å². The maximum Gasteiger partial charge on any atom is 0.145 e. The molecular weight excluding hydrogens is 246 g/mol. The number of nitrogens with zero attached hydrogens (tertiary/aromatic N) is 4. The lowest BCUT2D eigenvalue weighted by molar-refractivity contribution is 0.173. The average Bonchev–Trinajstić information content (AvgIpc) is 3.02. The van der Waals surface area contributed by atoms with Gasteiger partial charge in [-0.1, -0.05) is 0 Å². The summed E-state index contributed by atoms with van der Waals surface area (Å²) in [6, 6.07) is 2.36. The minimum absolute atomic E-state index is 0.495. The zero-order valence-corrected chi connectivity index (χ0v) is 11.0. The molecule has 0 amide bonds. The maximum atomic E-state index is 5.65. The van der Waals surface area contributed by atoms with E-state index in [0.29, 0.717) is 11.9 Å². The van der Waals surface area contributed by atoms with Gasteiger partial charge in [-0.25, -0.2) is 4.98 Å². The molecule has 1 aliphatic rings. The second kappa shape index (κ2) is 5.07. The third-order valence-electron chi connectivity index (χ3n) is 3.40. The van der Waals surface area contributed by atoms with Gasteiger partial charge in [0.05, 0.1) is 12.6 Å². The van der Waals surface area contributed by atoms with Gasteiger partial charge in [0.1, 0.15) is 10.8 Å². The number of aromatic nitrogens is 3. The lowest BCUT2D eigenvalue weighted by Gasteiger charge is -2.31. The van der Waals surface area contributed by atoms with Crippen molar-refractivity contribution in [3.05, 3.63) is 28.8 Å². The van der Waals surface area contributed by atoms with E-state index in [1.165, 1.54) is 5.01 Å². The number of anilines is 1. The van der Waals surface area contributed by atoms with Gasteiger partial charge in [-0.05, 0) is 18.9 Å². The minimum Gasteiger partial charge on any atom is -0.382 e. The van der Waals surface area contributed by atoms with E-state index in [2.05, 4.69) is 15.0 Å². The van der Waals surface area contributed by atoms with E-state index in [4.69, 9.17) is 5.73 Å². The Balaban J connectivity index is 1.55. The zero-order valence-electron chi connectivity index (χ0n) is 10.2. The SMILES string of the molecule is Nc1ccn(C2CCN(Cc3nccs3)CC2)n1. The van der Waals surface area contributed by atoms with E-state index in [1.54, 1.807) is 11.3 Å². The van der Waals surface area contributed by atoms with Crippen LogP contribution in [0.15, 0.2) is 23.8 Å².